The molecular weight excluding hydrogens is 244 g/mol. The SMILES string of the molecule is CCc1cc(C2CN(CCO)C(=O)N2)ccc1OC. The van der Waals surface area contributed by atoms with Crippen molar-refractivity contribution in [1.82, 2.24) is 10.2 Å². The minimum atomic E-state index is -0.118. The van der Waals surface area contributed by atoms with Crippen LogP contribution in [0.1, 0.15) is 24.1 Å². The summed E-state index contributed by atoms with van der Waals surface area (Å²) < 4.78 is 5.30. The van der Waals surface area contributed by atoms with Crippen molar-refractivity contribution < 1.29 is 14.6 Å². The van der Waals surface area contributed by atoms with Crippen LogP contribution in [0.5, 0.6) is 5.75 Å². The molecule has 1 atom stereocenters. The van der Waals surface area contributed by atoms with Gasteiger partial charge in [-0.2, -0.15) is 0 Å². The molecule has 0 spiro atoms. The molecule has 1 heterocycles. The summed E-state index contributed by atoms with van der Waals surface area (Å²) in [6.45, 7) is 3.03. The zero-order valence-electron chi connectivity index (χ0n) is 11.3. The Morgan fingerprint density at radius 2 is 2.32 bits per heavy atom. The van der Waals surface area contributed by atoms with Crippen LogP contribution in [0.15, 0.2) is 18.2 Å². The van der Waals surface area contributed by atoms with Crippen molar-refractivity contribution in [3.05, 3.63) is 29.3 Å². The van der Waals surface area contributed by atoms with Gasteiger partial charge in [0.2, 0.25) is 0 Å². The molecule has 5 nitrogen and oxygen atoms in total. The molecule has 2 amide bonds. The highest BCUT2D eigenvalue weighted by Crippen LogP contribution is 2.26. The fraction of sp³-hybridized carbons (Fsp3) is 0.500. The number of hydrogen-bond donors (Lipinski definition) is 2. The molecule has 1 fully saturated rings. The Kier molecular flexibility index (Phi) is 4.27. The monoisotopic (exact) mass is 264 g/mol. The van der Waals surface area contributed by atoms with Crippen molar-refractivity contribution in [3.8, 4) is 5.75 Å². The average Bonchev–Trinajstić information content (AvgIpc) is 2.80. The maximum Gasteiger partial charge on any atom is 0.318 e. The Hall–Kier alpha value is -1.75. The third kappa shape index (κ3) is 2.81. The van der Waals surface area contributed by atoms with E-state index in [1.807, 2.05) is 12.1 Å². The number of ether oxygens (including phenoxy) is 1. The number of rotatable bonds is 5. The number of amides is 2. The van der Waals surface area contributed by atoms with Crippen LogP contribution in [0.3, 0.4) is 0 Å². The summed E-state index contributed by atoms with van der Waals surface area (Å²) in [5, 5.41) is 11.8. The van der Waals surface area contributed by atoms with E-state index < -0.39 is 0 Å². The van der Waals surface area contributed by atoms with Gasteiger partial charge in [-0.15, -0.1) is 0 Å². The lowest BCUT2D eigenvalue weighted by Crippen LogP contribution is -2.30. The van der Waals surface area contributed by atoms with E-state index in [9.17, 15) is 4.79 Å². The van der Waals surface area contributed by atoms with E-state index in [1.54, 1.807) is 12.0 Å². The number of aryl methyl sites for hydroxylation is 1. The van der Waals surface area contributed by atoms with E-state index in [1.165, 1.54) is 0 Å². The van der Waals surface area contributed by atoms with Gasteiger partial charge in [-0.3, -0.25) is 0 Å². The molecule has 104 valence electrons. The van der Waals surface area contributed by atoms with Gasteiger partial charge in [-0.05, 0) is 29.7 Å². The molecule has 5 heteroatoms. The Morgan fingerprint density at radius 3 is 2.95 bits per heavy atom. The highest BCUT2D eigenvalue weighted by atomic mass is 16.5. The Morgan fingerprint density at radius 1 is 1.53 bits per heavy atom. The highest BCUT2D eigenvalue weighted by molar-refractivity contribution is 5.77. The Balaban J connectivity index is 2.17. The van der Waals surface area contributed by atoms with Crippen LogP contribution in [0.4, 0.5) is 4.79 Å². The number of benzene rings is 1. The van der Waals surface area contributed by atoms with Gasteiger partial charge >= 0.3 is 6.03 Å². The van der Waals surface area contributed by atoms with Crippen LogP contribution < -0.4 is 10.1 Å². The lowest BCUT2D eigenvalue weighted by atomic mass is 10.0. The quantitative estimate of drug-likeness (QED) is 0.843. The molecule has 0 radical (unpaired) electrons. The minimum Gasteiger partial charge on any atom is -0.496 e. The third-order valence-corrected chi connectivity index (χ3v) is 3.45. The molecule has 1 aliphatic heterocycles. The summed E-state index contributed by atoms with van der Waals surface area (Å²) in [5.41, 5.74) is 2.21. The smallest absolute Gasteiger partial charge is 0.318 e. The molecule has 19 heavy (non-hydrogen) atoms. The molecule has 0 aliphatic carbocycles. The number of nitrogens with one attached hydrogen (secondary N) is 1. The third-order valence-electron chi connectivity index (χ3n) is 3.45. The van der Waals surface area contributed by atoms with Crippen molar-refractivity contribution >= 4 is 6.03 Å². The van der Waals surface area contributed by atoms with Gasteiger partial charge in [-0.25, -0.2) is 4.79 Å². The number of methoxy groups -OCH3 is 1. The zero-order chi connectivity index (χ0) is 13.8. The molecular formula is C14H20N2O3. The zero-order valence-corrected chi connectivity index (χ0v) is 11.3. The van der Waals surface area contributed by atoms with Crippen LogP contribution in [0.25, 0.3) is 0 Å². The molecule has 0 saturated carbocycles. The van der Waals surface area contributed by atoms with Crippen molar-refractivity contribution in [2.75, 3.05) is 26.8 Å². The van der Waals surface area contributed by atoms with E-state index in [2.05, 4.69) is 18.3 Å². The van der Waals surface area contributed by atoms with Crippen molar-refractivity contribution in [3.63, 3.8) is 0 Å². The maximum atomic E-state index is 11.7. The van der Waals surface area contributed by atoms with Gasteiger partial charge in [0.15, 0.2) is 0 Å². The number of aliphatic hydroxyl groups is 1. The van der Waals surface area contributed by atoms with Gasteiger partial charge in [0.05, 0.1) is 19.8 Å². The number of carbonyl (C=O) groups is 1. The number of urea groups is 1. The van der Waals surface area contributed by atoms with Crippen LogP contribution in [0, 0.1) is 0 Å². The summed E-state index contributed by atoms with van der Waals surface area (Å²) in [5.74, 6) is 0.878. The molecule has 1 unspecified atom stereocenters. The van der Waals surface area contributed by atoms with E-state index in [0.717, 1.165) is 23.3 Å². The maximum absolute atomic E-state index is 11.7. The minimum absolute atomic E-state index is 0.0109. The van der Waals surface area contributed by atoms with E-state index >= 15 is 0 Å². The largest absolute Gasteiger partial charge is 0.496 e. The number of nitrogens with zero attached hydrogens (tertiary/aromatic N) is 1. The molecule has 2 rings (SSSR count). The molecule has 1 aromatic rings. The predicted molar refractivity (Wildman–Crippen MR) is 72.3 cm³/mol. The first-order valence-corrected chi connectivity index (χ1v) is 6.52. The Bertz CT molecular complexity index is 462. The molecule has 1 aromatic carbocycles. The number of β-amino-alcohol motifs (C(OH)–C–C–N with tert-alkyl or cyclic N) is 1. The Labute approximate surface area is 113 Å². The summed E-state index contributed by atoms with van der Waals surface area (Å²) in [4.78, 5) is 13.3. The second-order valence-electron chi connectivity index (χ2n) is 4.60. The van der Waals surface area contributed by atoms with Gasteiger partial charge in [-0.1, -0.05) is 13.0 Å². The highest BCUT2D eigenvalue weighted by Gasteiger charge is 2.29. The predicted octanol–water partition coefficient (Wildman–Crippen LogP) is 1.32. The number of hydrogen-bond acceptors (Lipinski definition) is 3. The lowest BCUT2D eigenvalue weighted by Gasteiger charge is -2.14. The average molecular weight is 264 g/mol. The van der Waals surface area contributed by atoms with E-state index in [-0.39, 0.29) is 18.7 Å². The molecule has 1 saturated heterocycles. The number of carbonyl (C=O) groups excluding carboxylic acids is 1. The molecule has 1 aliphatic rings. The first-order chi connectivity index (χ1) is 9.19. The first kappa shape index (κ1) is 13.7. The van der Waals surface area contributed by atoms with Crippen LogP contribution in [-0.4, -0.2) is 42.8 Å². The van der Waals surface area contributed by atoms with Crippen LogP contribution >= 0.6 is 0 Å². The topological polar surface area (TPSA) is 61.8 Å². The summed E-state index contributed by atoms with van der Waals surface area (Å²) in [6, 6.07) is 5.86. The number of aliphatic hydroxyl groups excluding tert-OH is 1. The van der Waals surface area contributed by atoms with Gasteiger partial charge in [0.25, 0.3) is 0 Å². The second-order valence-corrected chi connectivity index (χ2v) is 4.60. The van der Waals surface area contributed by atoms with Crippen LogP contribution in [-0.2, 0) is 6.42 Å². The van der Waals surface area contributed by atoms with E-state index in [0.29, 0.717) is 13.1 Å². The van der Waals surface area contributed by atoms with Gasteiger partial charge in [0.1, 0.15) is 5.75 Å². The molecule has 0 bridgehead atoms. The van der Waals surface area contributed by atoms with Crippen LogP contribution in [0.2, 0.25) is 0 Å². The normalized spacial score (nSPS) is 18.6. The molecule has 0 aromatic heterocycles. The lowest BCUT2D eigenvalue weighted by molar-refractivity contribution is 0.196. The fourth-order valence-corrected chi connectivity index (χ4v) is 2.38. The molecule has 2 N–H and O–H groups in total. The first-order valence-electron chi connectivity index (χ1n) is 6.52. The van der Waals surface area contributed by atoms with Gasteiger partial charge in [0, 0.05) is 13.1 Å². The van der Waals surface area contributed by atoms with Crippen molar-refractivity contribution in [1.29, 1.82) is 0 Å². The summed E-state index contributed by atoms with van der Waals surface area (Å²) in [6.07, 6.45) is 0.887. The summed E-state index contributed by atoms with van der Waals surface area (Å²) in [7, 11) is 1.66. The standard InChI is InChI=1S/C14H20N2O3/c1-3-10-8-11(4-5-13(10)19-2)12-9-16(6-7-17)14(18)15-12/h4-5,8,12,17H,3,6-7,9H2,1-2H3,(H,15,18). The van der Waals surface area contributed by atoms with Gasteiger partial charge < -0.3 is 20.1 Å². The van der Waals surface area contributed by atoms with Crippen molar-refractivity contribution in [2.24, 2.45) is 0 Å². The summed E-state index contributed by atoms with van der Waals surface area (Å²) >= 11 is 0. The van der Waals surface area contributed by atoms with E-state index in [4.69, 9.17) is 9.84 Å². The second kappa shape index (κ2) is 5.93. The van der Waals surface area contributed by atoms with Crippen molar-refractivity contribution in [2.45, 2.75) is 19.4 Å². The fourth-order valence-electron chi connectivity index (χ4n) is 2.38.